The highest BCUT2D eigenvalue weighted by atomic mass is 32.2. The van der Waals surface area contributed by atoms with Gasteiger partial charge in [-0.15, -0.1) is 10.2 Å². The lowest BCUT2D eigenvalue weighted by atomic mass is 10.1. The first-order chi connectivity index (χ1) is 15.4. The summed E-state index contributed by atoms with van der Waals surface area (Å²) >= 11 is 1.25. The van der Waals surface area contributed by atoms with E-state index in [1.165, 1.54) is 18.9 Å². The average Bonchev–Trinajstić information content (AvgIpc) is 2.82. The van der Waals surface area contributed by atoms with Crippen molar-refractivity contribution in [3.63, 3.8) is 0 Å². The highest BCUT2D eigenvalue weighted by Gasteiger charge is 2.15. The predicted octanol–water partition coefficient (Wildman–Crippen LogP) is 3.00. The van der Waals surface area contributed by atoms with E-state index >= 15 is 0 Å². The van der Waals surface area contributed by atoms with E-state index in [0.29, 0.717) is 39.2 Å². The molecule has 3 aromatic rings. The van der Waals surface area contributed by atoms with Gasteiger partial charge in [0.15, 0.2) is 11.5 Å². The van der Waals surface area contributed by atoms with E-state index in [9.17, 15) is 9.59 Å². The van der Waals surface area contributed by atoms with E-state index in [1.54, 1.807) is 62.8 Å². The summed E-state index contributed by atoms with van der Waals surface area (Å²) in [6.07, 6.45) is 0. The maximum absolute atomic E-state index is 12.2. The molecule has 2 aromatic carbocycles. The third kappa shape index (κ3) is 5.46. The molecule has 10 heteroatoms. The van der Waals surface area contributed by atoms with Crippen molar-refractivity contribution >= 4 is 29.3 Å². The lowest BCUT2D eigenvalue weighted by Gasteiger charge is -2.13. The zero-order chi connectivity index (χ0) is 23.1. The lowest BCUT2D eigenvalue weighted by Crippen LogP contribution is -2.15. The van der Waals surface area contributed by atoms with E-state index in [-0.39, 0.29) is 11.7 Å². The fraction of sp³-hybridized carbons (Fsp3) is 0.182. The Morgan fingerprint density at radius 1 is 0.938 bits per heavy atom. The molecular formula is C22H22N4O5S. The topological polar surface area (TPSA) is 126 Å². The van der Waals surface area contributed by atoms with Crippen LogP contribution in [0.5, 0.6) is 17.2 Å². The number of nitrogens with two attached hydrogens (primary N) is 1. The number of ether oxygens (including phenoxy) is 3. The van der Waals surface area contributed by atoms with Gasteiger partial charge in [-0.1, -0.05) is 11.8 Å². The van der Waals surface area contributed by atoms with Gasteiger partial charge in [-0.25, -0.2) is 0 Å². The van der Waals surface area contributed by atoms with E-state index in [4.69, 9.17) is 19.9 Å². The Morgan fingerprint density at radius 2 is 1.59 bits per heavy atom. The minimum atomic E-state index is -0.521. The Labute approximate surface area is 189 Å². The standard InChI is InChI=1S/C22H22N4O5S/c1-29-17-10-14(11-18(30-2)21(17)31-3)16-8-9-20(26-25-16)32-12-19(27)24-15-6-4-13(5-7-15)22(23)28/h4-11H,12H2,1-3H3,(H2,23,28)(H,24,27). The number of nitrogens with zero attached hydrogens (tertiary/aromatic N) is 2. The summed E-state index contributed by atoms with van der Waals surface area (Å²) in [5.41, 5.74) is 7.52. The van der Waals surface area contributed by atoms with Crippen molar-refractivity contribution < 1.29 is 23.8 Å². The molecule has 0 saturated carbocycles. The predicted molar refractivity (Wildman–Crippen MR) is 121 cm³/mol. The summed E-state index contributed by atoms with van der Waals surface area (Å²) in [5.74, 6) is 0.944. The highest BCUT2D eigenvalue weighted by molar-refractivity contribution is 7.99. The van der Waals surface area contributed by atoms with Crippen LogP contribution in [-0.4, -0.2) is 49.1 Å². The smallest absolute Gasteiger partial charge is 0.248 e. The highest BCUT2D eigenvalue weighted by Crippen LogP contribution is 2.40. The van der Waals surface area contributed by atoms with Crippen molar-refractivity contribution in [3.05, 3.63) is 54.1 Å². The summed E-state index contributed by atoms with van der Waals surface area (Å²) in [6.45, 7) is 0. The summed E-state index contributed by atoms with van der Waals surface area (Å²) in [5, 5.41) is 11.8. The van der Waals surface area contributed by atoms with Gasteiger partial charge in [0.25, 0.3) is 0 Å². The first kappa shape index (κ1) is 22.9. The second-order valence-corrected chi connectivity index (χ2v) is 7.44. The van der Waals surface area contributed by atoms with Crippen molar-refractivity contribution in [1.82, 2.24) is 10.2 Å². The lowest BCUT2D eigenvalue weighted by molar-refractivity contribution is -0.113. The van der Waals surface area contributed by atoms with Gasteiger partial charge in [-0.05, 0) is 48.5 Å². The van der Waals surface area contributed by atoms with Gasteiger partial charge in [0.05, 0.1) is 32.8 Å². The summed E-state index contributed by atoms with van der Waals surface area (Å²) in [6, 6.07) is 13.5. The normalized spacial score (nSPS) is 10.3. The third-order valence-corrected chi connectivity index (χ3v) is 5.32. The minimum absolute atomic E-state index is 0.149. The number of primary amides is 1. The molecule has 0 aliphatic heterocycles. The van der Waals surface area contributed by atoms with Gasteiger partial charge in [-0.3, -0.25) is 9.59 Å². The Morgan fingerprint density at radius 3 is 2.09 bits per heavy atom. The van der Waals surface area contributed by atoms with Crippen LogP contribution in [0.4, 0.5) is 5.69 Å². The first-order valence-electron chi connectivity index (χ1n) is 9.41. The third-order valence-electron chi connectivity index (χ3n) is 4.40. The summed E-state index contributed by atoms with van der Waals surface area (Å²) in [4.78, 5) is 23.3. The monoisotopic (exact) mass is 454 g/mol. The Hall–Kier alpha value is -3.79. The molecule has 1 aromatic heterocycles. The fourth-order valence-electron chi connectivity index (χ4n) is 2.83. The molecule has 0 aliphatic carbocycles. The molecule has 1 heterocycles. The molecular weight excluding hydrogens is 432 g/mol. The Kier molecular flexibility index (Phi) is 7.50. The molecule has 9 nitrogen and oxygen atoms in total. The number of methoxy groups -OCH3 is 3. The van der Waals surface area contributed by atoms with Crippen LogP contribution in [0.3, 0.4) is 0 Å². The molecule has 0 unspecified atom stereocenters. The van der Waals surface area contributed by atoms with Crippen molar-refractivity contribution in [3.8, 4) is 28.5 Å². The van der Waals surface area contributed by atoms with Crippen LogP contribution in [0, 0.1) is 0 Å². The maximum atomic E-state index is 12.2. The zero-order valence-corrected chi connectivity index (χ0v) is 18.6. The van der Waals surface area contributed by atoms with Crippen molar-refractivity contribution in [2.45, 2.75) is 5.03 Å². The number of hydrogen-bond donors (Lipinski definition) is 2. The molecule has 3 N–H and O–H groups in total. The minimum Gasteiger partial charge on any atom is -0.493 e. The van der Waals surface area contributed by atoms with Gasteiger partial charge >= 0.3 is 0 Å². The number of anilines is 1. The summed E-state index contributed by atoms with van der Waals surface area (Å²) in [7, 11) is 4.63. The van der Waals surface area contributed by atoms with E-state index in [1.807, 2.05) is 0 Å². The van der Waals surface area contributed by atoms with Gasteiger partial charge in [0.1, 0.15) is 5.03 Å². The van der Waals surface area contributed by atoms with Gasteiger partial charge in [-0.2, -0.15) is 0 Å². The van der Waals surface area contributed by atoms with Crippen molar-refractivity contribution in [1.29, 1.82) is 0 Å². The van der Waals surface area contributed by atoms with Gasteiger partial charge in [0.2, 0.25) is 17.6 Å². The molecule has 0 fully saturated rings. The molecule has 0 saturated heterocycles. The molecule has 0 bridgehead atoms. The molecule has 32 heavy (non-hydrogen) atoms. The molecule has 166 valence electrons. The van der Waals surface area contributed by atoms with Crippen LogP contribution in [0.2, 0.25) is 0 Å². The maximum Gasteiger partial charge on any atom is 0.248 e. The number of rotatable bonds is 9. The van der Waals surface area contributed by atoms with Crippen LogP contribution in [-0.2, 0) is 4.79 Å². The molecule has 2 amide bonds. The molecule has 3 rings (SSSR count). The van der Waals surface area contributed by atoms with Crippen LogP contribution in [0.25, 0.3) is 11.3 Å². The van der Waals surface area contributed by atoms with Crippen LogP contribution < -0.4 is 25.3 Å². The van der Waals surface area contributed by atoms with Gasteiger partial charge in [0, 0.05) is 16.8 Å². The Bertz CT molecular complexity index is 1080. The van der Waals surface area contributed by atoms with Crippen LogP contribution in [0.15, 0.2) is 53.6 Å². The average molecular weight is 455 g/mol. The number of amides is 2. The first-order valence-corrected chi connectivity index (χ1v) is 10.4. The molecule has 0 aliphatic rings. The number of carbonyl (C=O) groups excluding carboxylic acids is 2. The van der Waals surface area contributed by atoms with E-state index < -0.39 is 5.91 Å². The van der Waals surface area contributed by atoms with Crippen LogP contribution in [0.1, 0.15) is 10.4 Å². The number of carbonyl (C=O) groups is 2. The molecule has 0 atom stereocenters. The van der Waals surface area contributed by atoms with E-state index in [0.717, 1.165) is 5.56 Å². The molecule has 0 spiro atoms. The van der Waals surface area contributed by atoms with Crippen LogP contribution >= 0.6 is 11.8 Å². The number of thioether (sulfide) groups is 1. The number of nitrogens with one attached hydrogen (secondary N) is 1. The SMILES string of the molecule is COc1cc(-c2ccc(SCC(=O)Nc3ccc(C(N)=O)cc3)nn2)cc(OC)c1OC. The number of benzene rings is 2. The second-order valence-electron chi connectivity index (χ2n) is 6.45. The van der Waals surface area contributed by atoms with Gasteiger partial charge < -0.3 is 25.3 Å². The molecule has 0 radical (unpaired) electrons. The van der Waals surface area contributed by atoms with E-state index in [2.05, 4.69) is 15.5 Å². The fourth-order valence-corrected chi connectivity index (χ4v) is 3.45. The number of aromatic nitrogens is 2. The summed E-state index contributed by atoms with van der Waals surface area (Å²) < 4.78 is 16.1. The second kappa shape index (κ2) is 10.5. The quantitative estimate of drug-likeness (QED) is 0.473. The van der Waals surface area contributed by atoms with Crippen molar-refractivity contribution in [2.24, 2.45) is 5.73 Å². The largest absolute Gasteiger partial charge is 0.493 e. The number of hydrogen-bond acceptors (Lipinski definition) is 8. The van der Waals surface area contributed by atoms with Crippen molar-refractivity contribution in [2.75, 3.05) is 32.4 Å². The Balaban J connectivity index is 1.63. The zero-order valence-electron chi connectivity index (χ0n) is 17.7.